The Hall–Kier alpha value is -2.30. The molecule has 0 saturated carbocycles. The molecule has 0 saturated heterocycles. The minimum Gasteiger partial charge on any atom is -0.486 e. The minimum atomic E-state index is 0.0513. The zero-order chi connectivity index (χ0) is 13.9. The lowest BCUT2D eigenvalue weighted by molar-refractivity contribution is 0.0971. The molecule has 0 amide bonds. The third-order valence-corrected chi connectivity index (χ3v) is 3.36. The fraction of sp³-hybridized carbons (Fsp3) is 0.333. The first kappa shape index (κ1) is 12.7. The maximum Gasteiger partial charge on any atom is 0.172 e. The molecule has 0 bridgehead atoms. The van der Waals surface area contributed by atoms with E-state index in [0.29, 0.717) is 43.1 Å². The molecule has 20 heavy (non-hydrogen) atoms. The molecular formula is C15H16N2O3. The van der Waals surface area contributed by atoms with Crippen molar-refractivity contribution in [2.75, 3.05) is 13.2 Å². The Bertz CT molecular complexity index is 634. The molecular weight excluding hydrogens is 256 g/mol. The number of benzene rings is 1. The number of hydrogen-bond acceptors (Lipinski definition) is 4. The highest BCUT2D eigenvalue weighted by Crippen LogP contribution is 2.34. The summed E-state index contributed by atoms with van der Waals surface area (Å²) in [5.74, 6) is 2.18. The summed E-state index contributed by atoms with van der Waals surface area (Å²) in [5.41, 5.74) is 0.594. The number of rotatable bonds is 4. The van der Waals surface area contributed by atoms with Crippen LogP contribution in [-0.4, -0.2) is 28.5 Å². The predicted molar refractivity (Wildman–Crippen MR) is 73.3 cm³/mol. The van der Waals surface area contributed by atoms with E-state index in [2.05, 4.69) is 4.98 Å². The molecule has 2 aromatic rings. The van der Waals surface area contributed by atoms with Crippen molar-refractivity contribution in [1.29, 1.82) is 0 Å². The van der Waals surface area contributed by atoms with Crippen molar-refractivity contribution in [2.45, 2.75) is 12.8 Å². The van der Waals surface area contributed by atoms with Crippen LogP contribution < -0.4 is 9.47 Å². The lowest BCUT2D eigenvalue weighted by Crippen LogP contribution is -2.18. The molecule has 1 aromatic heterocycles. The van der Waals surface area contributed by atoms with Gasteiger partial charge in [-0.15, -0.1) is 0 Å². The summed E-state index contributed by atoms with van der Waals surface area (Å²) in [6, 6.07) is 5.43. The first-order valence-corrected chi connectivity index (χ1v) is 6.64. The van der Waals surface area contributed by atoms with Gasteiger partial charge < -0.3 is 14.0 Å². The number of nitrogens with zero attached hydrogens (tertiary/aromatic N) is 2. The smallest absolute Gasteiger partial charge is 0.172 e. The summed E-state index contributed by atoms with van der Waals surface area (Å²) in [6.07, 6.45) is 4.64. The molecule has 1 aliphatic rings. The lowest BCUT2D eigenvalue weighted by Gasteiger charge is -2.20. The third kappa shape index (κ3) is 2.39. The molecule has 1 aromatic carbocycles. The standard InChI is InChI=1S/C15H16N2O3/c1-17-8-7-16-14(17)6-5-12(18)11-3-2-4-13-15(11)20-10-9-19-13/h2-4,7-8H,5-6,9-10H2,1H3. The molecule has 0 radical (unpaired) electrons. The summed E-state index contributed by atoms with van der Waals surface area (Å²) in [6.45, 7) is 1.01. The van der Waals surface area contributed by atoms with Gasteiger partial charge in [0.1, 0.15) is 19.0 Å². The Morgan fingerprint density at radius 3 is 3.00 bits per heavy atom. The number of aryl methyl sites for hydroxylation is 2. The second-order valence-corrected chi connectivity index (χ2v) is 4.71. The van der Waals surface area contributed by atoms with Crippen molar-refractivity contribution in [1.82, 2.24) is 9.55 Å². The van der Waals surface area contributed by atoms with Crippen molar-refractivity contribution < 1.29 is 14.3 Å². The molecule has 5 nitrogen and oxygen atoms in total. The number of imidazole rings is 1. The van der Waals surface area contributed by atoms with Gasteiger partial charge in [0, 0.05) is 32.3 Å². The van der Waals surface area contributed by atoms with Crippen LogP contribution in [0.3, 0.4) is 0 Å². The van der Waals surface area contributed by atoms with E-state index in [1.54, 1.807) is 12.3 Å². The molecule has 0 atom stereocenters. The van der Waals surface area contributed by atoms with E-state index in [-0.39, 0.29) is 5.78 Å². The number of carbonyl (C=O) groups is 1. The number of fused-ring (bicyclic) bond motifs is 1. The molecule has 0 spiro atoms. The van der Waals surface area contributed by atoms with Gasteiger partial charge in [-0.3, -0.25) is 4.79 Å². The summed E-state index contributed by atoms with van der Waals surface area (Å²) < 4.78 is 13.0. The highest BCUT2D eigenvalue weighted by Gasteiger charge is 2.20. The van der Waals surface area contributed by atoms with Gasteiger partial charge in [-0.2, -0.15) is 0 Å². The average Bonchev–Trinajstić information content (AvgIpc) is 2.89. The van der Waals surface area contributed by atoms with Gasteiger partial charge in [-0.1, -0.05) is 6.07 Å². The SMILES string of the molecule is Cn1ccnc1CCC(=O)c1cccc2c1OCCO2. The van der Waals surface area contributed by atoms with Gasteiger partial charge in [-0.05, 0) is 12.1 Å². The van der Waals surface area contributed by atoms with Gasteiger partial charge in [0.15, 0.2) is 17.3 Å². The van der Waals surface area contributed by atoms with Crippen molar-refractivity contribution in [2.24, 2.45) is 7.05 Å². The second-order valence-electron chi connectivity index (χ2n) is 4.71. The van der Waals surface area contributed by atoms with Crippen molar-refractivity contribution >= 4 is 5.78 Å². The first-order chi connectivity index (χ1) is 9.75. The van der Waals surface area contributed by atoms with E-state index >= 15 is 0 Å². The summed E-state index contributed by atoms with van der Waals surface area (Å²) in [7, 11) is 1.92. The molecule has 2 heterocycles. The van der Waals surface area contributed by atoms with Crippen molar-refractivity contribution in [3.63, 3.8) is 0 Å². The quantitative estimate of drug-likeness (QED) is 0.799. The Morgan fingerprint density at radius 2 is 2.20 bits per heavy atom. The van der Waals surface area contributed by atoms with Crippen LogP contribution >= 0.6 is 0 Å². The van der Waals surface area contributed by atoms with Gasteiger partial charge in [0.25, 0.3) is 0 Å². The molecule has 5 heteroatoms. The van der Waals surface area contributed by atoms with Crippen LogP contribution in [0.25, 0.3) is 0 Å². The van der Waals surface area contributed by atoms with E-state index in [4.69, 9.17) is 9.47 Å². The fourth-order valence-corrected chi connectivity index (χ4v) is 2.29. The minimum absolute atomic E-state index is 0.0513. The number of ketones is 1. The highest BCUT2D eigenvalue weighted by atomic mass is 16.6. The second kappa shape index (κ2) is 5.36. The summed E-state index contributed by atoms with van der Waals surface area (Å²) >= 11 is 0. The zero-order valence-corrected chi connectivity index (χ0v) is 11.3. The number of Topliss-reactive ketones (excluding diaryl/α,β-unsaturated/α-hetero) is 1. The highest BCUT2D eigenvalue weighted by molar-refractivity contribution is 5.99. The maximum absolute atomic E-state index is 12.4. The zero-order valence-electron chi connectivity index (χ0n) is 11.3. The number of para-hydroxylation sites is 1. The third-order valence-electron chi connectivity index (χ3n) is 3.36. The summed E-state index contributed by atoms with van der Waals surface area (Å²) in [4.78, 5) is 16.6. The fourth-order valence-electron chi connectivity index (χ4n) is 2.29. The van der Waals surface area contributed by atoms with E-state index < -0.39 is 0 Å². The van der Waals surface area contributed by atoms with Crippen molar-refractivity contribution in [3.8, 4) is 11.5 Å². The van der Waals surface area contributed by atoms with Gasteiger partial charge in [0.2, 0.25) is 0 Å². The monoisotopic (exact) mass is 272 g/mol. The van der Waals surface area contributed by atoms with Crippen LogP contribution in [0.2, 0.25) is 0 Å². The van der Waals surface area contributed by atoms with Crippen molar-refractivity contribution in [3.05, 3.63) is 42.0 Å². The van der Waals surface area contributed by atoms with Crippen LogP contribution in [0.1, 0.15) is 22.6 Å². The van der Waals surface area contributed by atoms with Crippen LogP contribution in [0.4, 0.5) is 0 Å². The maximum atomic E-state index is 12.4. The molecule has 0 N–H and O–H groups in total. The van der Waals surface area contributed by atoms with Crippen LogP contribution in [0.5, 0.6) is 11.5 Å². The molecule has 0 fully saturated rings. The number of ether oxygens (including phenoxy) is 2. The van der Waals surface area contributed by atoms with E-state index in [1.165, 1.54) is 0 Å². The van der Waals surface area contributed by atoms with Gasteiger partial charge >= 0.3 is 0 Å². The number of hydrogen-bond donors (Lipinski definition) is 0. The molecule has 0 unspecified atom stereocenters. The Labute approximate surface area is 117 Å². The largest absolute Gasteiger partial charge is 0.486 e. The average molecular weight is 272 g/mol. The number of aromatic nitrogens is 2. The van der Waals surface area contributed by atoms with Crippen LogP contribution in [0.15, 0.2) is 30.6 Å². The topological polar surface area (TPSA) is 53.4 Å². The predicted octanol–water partition coefficient (Wildman–Crippen LogP) is 2.01. The number of carbonyl (C=O) groups excluding carboxylic acids is 1. The summed E-state index contributed by atoms with van der Waals surface area (Å²) in [5, 5.41) is 0. The van der Waals surface area contributed by atoms with Gasteiger partial charge in [-0.25, -0.2) is 4.98 Å². The Kier molecular flexibility index (Phi) is 3.41. The Morgan fingerprint density at radius 1 is 1.35 bits per heavy atom. The molecule has 0 aliphatic carbocycles. The van der Waals surface area contributed by atoms with Crippen LogP contribution in [0, 0.1) is 0 Å². The van der Waals surface area contributed by atoms with Crippen LogP contribution in [-0.2, 0) is 13.5 Å². The lowest BCUT2D eigenvalue weighted by atomic mass is 10.0. The van der Waals surface area contributed by atoms with E-state index in [0.717, 1.165) is 5.82 Å². The van der Waals surface area contributed by atoms with E-state index in [9.17, 15) is 4.79 Å². The first-order valence-electron chi connectivity index (χ1n) is 6.64. The Balaban J connectivity index is 1.76. The van der Waals surface area contributed by atoms with E-state index in [1.807, 2.05) is 29.9 Å². The molecule has 104 valence electrons. The molecule has 1 aliphatic heterocycles. The normalized spacial score (nSPS) is 13.2. The molecule has 3 rings (SSSR count). The van der Waals surface area contributed by atoms with Gasteiger partial charge in [0.05, 0.1) is 5.56 Å².